The molecule has 1 aromatic heterocycles. The lowest BCUT2D eigenvalue weighted by molar-refractivity contribution is 0.222. The zero-order chi connectivity index (χ0) is 12.5. The van der Waals surface area contributed by atoms with Crippen LogP contribution in [0.1, 0.15) is 4.88 Å². The number of piperazine rings is 1. The van der Waals surface area contributed by atoms with E-state index in [-0.39, 0.29) is 0 Å². The topological polar surface area (TPSA) is 66.6 Å². The summed E-state index contributed by atoms with van der Waals surface area (Å²) in [5.74, 6) is 0. The van der Waals surface area contributed by atoms with Crippen LogP contribution in [-0.4, -0.2) is 50.8 Å². The van der Waals surface area contributed by atoms with Gasteiger partial charge in [-0.15, -0.1) is 11.3 Å². The summed E-state index contributed by atoms with van der Waals surface area (Å²) in [5.41, 5.74) is 5.50. The van der Waals surface area contributed by atoms with Crippen molar-refractivity contribution in [2.45, 2.75) is 11.4 Å². The van der Waals surface area contributed by atoms with Gasteiger partial charge in [-0.2, -0.15) is 4.31 Å². The van der Waals surface area contributed by atoms with Crippen LogP contribution in [0.25, 0.3) is 0 Å². The fraction of sp³-hybridized carbons (Fsp3) is 0.600. The molecule has 17 heavy (non-hydrogen) atoms. The predicted molar refractivity (Wildman–Crippen MR) is 68.5 cm³/mol. The number of nitrogens with two attached hydrogens (primary N) is 1. The molecule has 0 amide bonds. The van der Waals surface area contributed by atoms with Crippen molar-refractivity contribution < 1.29 is 8.42 Å². The van der Waals surface area contributed by atoms with Gasteiger partial charge in [-0.25, -0.2) is 8.42 Å². The average Bonchev–Trinajstić information content (AvgIpc) is 2.78. The van der Waals surface area contributed by atoms with Crippen LogP contribution < -0.4 is 5.73 Å². The van der Waals surface area contributed by atoms with Crippen molar-refractivity contribution in [2.75, 3.05) is 33.2 Å². The molecule has 5 nitrogen and oxygen atoms in total. The van der Waals surface area contributed by atoms with Crippen molar-refractivity contribution in [3.8, 4) is 0 Å². The third-order valence-electron chi connectivity index (χ3n) is 2.93. The second-order valence-corrected chi connectivity index (χ2v) is 7.09. The van der Waals surface area contributed by atoms with Crippen LogP contribution >= 0.6 is 11.3 Å². The number of hydrogen-bond acceptors (Lipinski definition) is 5. The summed E-state index contributed by atoms with van der Waals surface area (Å²) in [7, 11) is -1.31. The van der Waals surface area contributed by atoms with Gasteiger partial charge in [0.2, 0.25) is 10.0 Å². The molecule has 0 bridgehead atoms. The molecule has 7 heteroatoms. The zero-order valence-corrected chi connectivity index (χ0v) is 11.4. The highest BCUT2D eigenvalue weighted by molar-refractivity contribution is 7.89. The molecule has 0 saturated carbocycles. The molecule has 96 valence electrons. The maximum atomic E-state index is 12.3. The van der Waals surface area contributed by atoms with E-state index in [1.807, 2.05) is 7.05 Å². The number of thiophene rings is 1. The molecule has 0 radical (unpaired) electrons. The van der Waals surface area contributed by atoms with Gasteiger partial charge >= 0.3 is 0 Å². The van der Waals surface area contributed by atoms with Gasteiger partial charge in [0.1, 0.15) is 0 Å². The smallest absolute Gasteiger partial charge is 0.243 e. The van der Waals surface area contributed by atoms with Crippen molar-refractivity contribution in [1.29, 1.82) is 0 Å². The number of likely N-dealkylation sites (N-methyl/N-ethyl adjacent to an activating group) is 1. The van der Waals surface area contributed by atoms with Gasteiger partial charge in [0.05, 0.1) is 4.90 Å². The van der Waals surface area contributed by atoms with Crippen LogP contribution in [0.5, 0.6) is 0 Å². The van der Waals surface area contributed by atoms with Crippen molar-refractivity contribution in [3.05, 3.63) is 16.3 Å². The first kappa shape index (κ1) is 13.0. The first-order chi connectivity index (χ1) is 8.04. The highest BCUT2D eigenvalue weighted by atomic mass is 32.2. The van der Waals surface area contributed by atoms with Crippen LogP contribution in [0, 0.1) is 0 Å². The Labute approximate surface area is 106 Å². The molecule has 2 rings (SSSR count). The average molecular weight is 275 g/mol. The SMILES string of the molecule is CN1CCN(S(=O)(=O)c2csc(CN)c2)CC1. The Morgan fingerprint density at radius 2 is 2.00 bits per heavy atom. The van der Waals surface area contributed by atoms with Gasteiger partial charge in [-0.05, 0) is 13.1 Å². The van der Waals surface area contributed by atoms with E-state index in [0.717, 1.165) is 18.0 Å². The fourth-order valence-corrected chi connectivity index (χ4v) is 4.35. The molecule has 1 aliphatic rings. The van der Waals surface area contributed by atoms with Crippen molar-refractivity contribution in [3.63, 3.8) is 0 Å². The van der Waals surface area contributed by atoms with Crippen LogP contribution in [0.2, 0.25) is 0 Å². The van der Waals surface area contributed by atoms with Gasteiger partial charge in [-0.3, -0.25) is 0 Å². The largest absolute Gasteiger partial charge is 0.326 e. The van der Waals surface area contributed by atoms with Gasteiger partial charge in [0.25, 0.3) is 0 Å². The Bertz CT molecular complexity index is 475. The van der Waals surface area contributed by atoms with E-state index >= 15 is 0 Å². The van der Waals surface area contributed by atoms with E-state index in [1.54, 1.807) is 15.8 Å². The number of hydrogen-bond donors (Lipinski definition) is 1. The Kier molecular flexibility index (Phi) is 3.84. The van der Waals surface area contributed by atoms with E-state index in [1.165, 1.54) is 11.3 Å². The molecule has 0 aromatic carbocycles. The van der Waals surface area contributed by atoms with Gasteiger partial charge in [0, 0.05) is 43.0 Å². The summed E-state index contributed by atoms with van der Waals surface area (Å²) < 4.78 is 26.1. The Morgan fingerprint density at radius 1 is 1.35 bits per heavy atom. The lowest BCUT2D eigenvalue weighted by Crippen LogP contribution is -2.46. The Balaban J connectivity index is 2.18. The quantitative estimate of drug-likeness (QED) is 0.852. The minimum atomic E-state index is -3.31. The van der Waals surface area contributed by atoms with Crippen molar-refractivity contribution in [1.82, 2.24) is 9.21 Å². The first-order valence-electron chi connectivity index (χ1n) is 5.50. The lowest BCUT2D eigenvalue weighted by Gasteiger charge is -2.31. The summed E-state index contributed by atoms with van der Waals surface area (Å²) in [6, 6.07) is 1.68. The monoisotopic (exact) mass is 275 g/mol. The molecule has 0 spiro atoms. The molecule has 0 unspecified atom stereocenters. The van der Waals surface area contributed by atoms with Crippen molar-refractivity contribution >= 4 is 21.4 Å². The third kappa shape index (κ3) is 2.69. The molecular weight excluding hydrogens is 258 g/mol. The number of sulfonamides is 1. The summed E-state index contributed by atoms with van der Waals surface area (Å²) in [5, 5.41) is 1.68. The maximum Gasteiger partial charge on any atom is 0.243 e. The van der Waals surface area contributed by atoms with E-state index in [9.17, 15) is 8.42 Å². The first-order valence-corrected chi connectivity index (χ1v) is 7.82. The van der Waals surface area contributed by atoms with E-state index in [4.69, 9.17) is 5.73 Å². The molecule has 1 aliphatic heterocycles. The minimum Gasteiger partial charge on any atom is -0.326 e. The molecule has 0 aliphatic carbocycles. The van der Waals surface area contributed by atoms with Gasteiger partial charge < -0.3 is 10.6 Å². The molecule has 2 heterocycles. The normalized spacial score (nSPS) is 19.6. The van der Waals surface area contributed by atoms with Crippen LogP contribution in [0.4, 0.5) is 0 Å². The lowest BCUT2D eigenvalue weighted by atomic mass is 10.4. The third-order valence-corrected chi connectivity index (χ3v) is 5.92. The maximum absolute atomic E-state index is 12.3. The van der Waals surface area contributed by atoms with Crippen LogP contribution in [0.3, 0.4) is 0 Å². The summed E-state index contributed by atoms with van der Waals surface area (Å²) in [6.07, 6.45) is 0. The van der Waals surface area contributed by atoms with Crippen LogP contribution in [0.15, 0.2) is 16.3 Å². The molecule has 1 saturated heterocycles. The highest BCUT2D eigenvalue weighted by Crippen LogP contribution is 2.23. The highest BCUT2D eigenvalue weighted by Gasteiger charge is 2.28. The summed E-state index contributed by atoms with van der Waals surface area (Å²) in [6.45, 7) is 3.09. The number of nitrogens with zero attached hydrogens (tertiary/aromatic N) is 2. The van der Waals surface area contributed by atoms with E-state index < -0.39 is 10.0 Å². The van der Waals surface area contributed by atoms with E-state index in [2.05, 4.69) is 4.90 Å². The minimum absolute atomic E-state index is 0.382. The molecule has 0 atom stereocenters. The summed E-state index contributed by atoms with van der Waals surface area (Å²) >= 11 is 1.40. The molecule has 1 aromatic rings. The standard InChI is InChI=1S/C10H17N3O2S2/c1-12-2-4-13(5-3-12)17(14,15)10-6-9(7-11)16-8-10/h6,8H,2-5,7,11H2,1H3. The number of rotatable bonds is 3. The second kappa shape index (κ2) is 5.03. The van der Waals surface area contributed by atoms with Gasteiger partial charge in [-0.1, -0.05) is 0 Å². The van der Waals surface area contributed by atoms with Gasteiger partial charge in [0.15, 0.2) is 0 Å². The Morgan fingerprint density at radius 3 is 2.53 bits per heavy atom. The summed E-state index contributed by atoms with van der Waals surface area (Å²) in [4.78, 5) is 3.41. The Hall–Kier alpha value is -0.470. The van der Waals surface area contributed by atoms with Crippen LogP contribution in [-0.2, 0) is 16.6 Å². The molecule has 1 fully saturated rings. The van der Waals surface area contributed by atoms with Crippen molar-refractivity contribution in [2.24, 2.45) is 5.73 Å². The molecule has 2 N–H and O–H groups in total. The predicted octanol–water partition coefficient (Wildman–Crippen LogP) is 0.143. The zero-order valence-electron chi connectivity index (χ0n) is 9.80. The fourth-order valence-electron chi connectivity index (χ4n) is 1.78. The van der Waals surface area contributed by atoms with E-state index in [0.29, 0.717) is 24.5 Å². The second-order valence-electron chi connectivity index (χ2n) is 4.16. The molecular formula is C10H17N3O2S2.